The van der Waals surface area contributed by atoms with Crippen LogP contribution in [0.25, 0.3) is 0 Å². The Hall–Kier alpha value is -0.940. The SMILES string of the molecule is Cc1ncc(C(=O)C(=O)OC(C)C)c(Cl)c1Br. The van der Waals surface area contributed by atoms with Crippen molar-refractivity contribution in [3.8, 4) is 0 Å². The number of carbonyl (C=O) groups is 2. The van der Waals surface area contributed by atoms with Gasteiger partial charge in [0.1, 0.15) is 0 Å². The van der Waals surface area contributed by atoms with E-state index in [4.69, 9.17) is 16.3 Å². The van der Waals surface area contributed by atoms with E-state index in [2.05, 4.69) is 20.9 Å². The molecule has 1 rings (SSSR count). The standard InChI is InChI=1S/C11H11BrClNO3/c1-5(2)17-11(16)10(15)7-4-14-6(3)8(12)9(7)13/h4-5H,1-3H3. The summed E-state index contributed by atoms with van der Waals surface area (Å²) in [6.45, 7) is 5.06. The summed E-state index contributed by atoms with van der Waals surface area (Å²) >= 11 is 9.16. The molecule has 17 heavy (non-hydrogen) atoms. The van der Waals surface area contributed by atoms with Crippen molar-refractivity contribution in [2.75, 3.05) is 0 Å². The minimum absolute atomic E-state index is 0.0368. The zero-order valence-corrected chi connectivity index (χ0v) is 11.9. The van der Waals surface area contributed by atoms with Gasteiger partial charge in [0.25, 0.3) is 5.78 Å². The van der Waals surface area contributed by atoms with Crippen LogP contribution in [0.15, 0.2) is 10.7 Å². The molecule has 0 amide bonds. The zero-order valence-electron chi connectivity index (χ0n) is 9.58. The number of nitrogens with zero attached hydrogens (tertiary/aromatic N) is 1. The lowest BCUT2D eigenvalue weighted by Crippen LogP contribution is -2.21. The Labute approximate surface area is 112 Å². The maximum absolute atomic E-state index is 11.7. The van der Waals surface area contributed by atoms with Gasteiger partial charge in [-0.1, -0.05) is 11.6 Å². The highest BCUT2D eigenvalue weighted by Crippen LogP contribution is 2.28. The Kier molecular flexibility index (Phi) is 4.65. The average Bonchev–Trinajstić information content (AvgIpc) is 2.24. The van der Waals surface area contributed by atoms with E-state index in [1.54, 1.807) is 20.8 Å². The molecule has 6 heteroatoms. The summed E-state index contributed by atoms with van der Waals surface area (Å²) < 4.78 is 5.30. The third-order valence-electron chi connectivity index (χ3n) is 1.91. The van der Waals surface area contributed by atoms with Gasteiger partial charge in [-0.15, -0.1) is 0 Å². The second kappa shape index (κ2) is 5.60. The molecule has 1 aromatic heterocycles. The summed E-state index contributed by atoms with van der Waals surface area (Å²) in [6.07, 6.45) is 0.916. The minimum Gasteiger partial charge on any atom is -0.457 e. The molecular weight excluding hydrogens is 309 g/mol. The van der Waals surface area contributed by atoms with Gasteiger partial charge < -0.3 is 4.74 Å². The molecule has 0 spiro atoms. The number of rotatable bonds is 3. The number of Topliss-reactive ketones (excluding diaryl/α,β-unsaturated/α-hetero) is 1. The van der Waals surface area contributed by atoms with Crippen LogP contribution in [0.4, 0.5) is 0 Å². The minimum atomic E-state index is -0.931. The van der Waals surface area contributed by atoms with Gasteiger partial charge in [0.05, 0.1) is 26.9 Å². The first-order valence-electron chi connectivity index (χ1n) is 4.90. The summed E-state index contributed by atoms with van der Waals surface area (Å²) in [5.41, 5.74) is 0.679. The molecule has 0 aromatic carbocycles. The molecule has 0 N–H and O–H groups in total. The highest BCUT2D eigenvalue weighted by atomic mass is 79.9. The molecule has 0 bridgehead atoms. The van der Waals surface area contributed by atoms with Crippen LogP contribution in [-0.4, -0.2) is 22.8 Å². The Morgan fingerprint density at radius 3 is 2.59 bits per heavy atom. The number of aryl methyl sites for hydroxylation is 1. The highest BCUT2D eigenvalue weighted by molar-refractivity contribution is 9.10. The van der Waals surface area contributed by atoms with Crippen LogP contribution >= 0.6 is 27.5 Å². The Morgan fingerprint density at radius 2 is 2.06 bits per heavy atom. The normalized spacial score (nSPS) is 10.5. The number of hydrogen-bond acceptors (Lipinski definition) is 4. The summed E-state index contributed by atoms with van der Waals surface area (Å²) in [4.78, 5) is 27.1. The number of aromatic nitrogens is 1. The number of pyridine rings is 1. The fourth-order valence-corrected chi connectivity index (χ4v) is 1.67. The molecule has 1 heterocycles. The zero-order chi connectivity index (χ0) is 13.2. The maximum atomic E-state index is 11.7. The lowest BCUT2D eigenvalue weighted by Gasteiger charge is -2.08. The van der Waals surface area contributed by atoms with E-state index in [1.807, 2.05) is 0 Å². The molecule has 0 aliphatic heterocycles. The first-order valence-corrected chi connectivity index (χ1v) is 6.07. The van der Waals surface area contributed by atoms with Crippen LogP contribution in [0.3, 0.4) is 0 Å². The largest absolute Gasteiger partial charge is 0.457 e. The number of ketones is 1. The molecule has 0 saturated carbocycles. The van der Waals surface area contributed by atoms with Gasteiger partial charge in [-0.05, 0) is 36.7 Å². The van der Waals surface area contributed by atoms with Gasteiger partial charge in [0, 0.05) is 6.20 Å². The van der Waals surface area contributed by atoms with Crippen LogP contribution in [0.1, 0.15) is 29.9 Å². The summed E-state index contributed by atoms with van der Waals surface area (Å²) in [5, 5.41) is 0.170. The van der Waals surface area contributed by atoms with Gasteiger partial charge >= 0.3 is 5.97 Å². The molecule has 0 aliphatic carbocycles. The van der Waals surface area contributed by atoms with E-state index in [-0.39, 0.29) is 16.7 Å². The predicted molar refractivity (Wildman–Crippen MR) is 67.2 cm³/mol. The number of carbonyl (C=O) groups excluding carboxylic acids is 2. The van der Waals surface area contributed by atoms with E-state index < -0.39 is 11.8 Å². The van der Waals surface area contributed by atoms with Crippen molar-refractivity contribution in [3.63, 3.8) is 0 Å². The molecule has 4 nitrogen and oxygen atoms in total. The van der Waals surface area contributed by atoms with Crippen LogP contribution in [0.5, 0.6) is 0 Å². The van der Waals surface area contributed by atoms with Crippen molar-refractivity contribution in [2.45, 2.75) is 26.9 Å². The molecule has 1 aromatic rings. The monoisotopic (exact) mass is 319 g/mol. The highest BCUT2D eigenvalue weighted by Gasteiger charge is 2.23. The van der Waals surface area contributed by atoms with E-state index in [0.717, 1.165) is 0 Å². The van der Waals surface area contributed by atoms with Gasteiger partial charge in [0.15, 0.2) is 0 Å². The Morgan fingerprint density at radius 1 is 1.47 bits per heavy atom. The van der Waals surface area contributed by atoms with Crippen molar-refractivity contribution >= 4 is 39.3 Å². The lowest BCUT2D eigenvalue weighted by molar-refractivity contribution is -0.141. The lowest BCUT2D eigenvalue weighted by atomic mass is 10.2. The quantitative estimate of drug-likeness (QED) is 0.488. The van der Waals surface area contributed by atoms with Gasteiger partial charge in [-0.2, -0.15) is 0 Å². The fourth-order valence-electron chi connectivity index (χ4n) is 1.09. The van der Waals surface area contributed by atoms with E-state index in [9.17, 15) is 9.59 Å². The van der Waals surface area contributed by atoms with Crippen LogP contribution in [-0.2, 0) is 9.53 Å². The first kappa shape index (κ1) is 14.1. The maximum Gasteiger partial charge on any atom is 0.380 e. The van der Waals surface area contributed by atoms with Crippen molar-refractivity contribution in [2.24, 2.45) is 0 Å². The molecule has 0 atom stereocenters. The topological polar surface area (TPSA) is 56.3 Å². The molecular formula is C11H11BrClNO3. The summed E-state index contributed by atoms with van der Waals surface area (Å²) in [7, 11) is 0. The number of halogens is 2. The molecule has 0 aliphatic rings. The third-order valence-corrected chi connectivity index (χ3v) is 3.50. The number of ether oxygens (including phenoxy) is 1. The Balaban J connectivity index is 3.05. The van der Waals surface area contributed by atoms with Crippen LogP contribution in [0, 0.1) is 6.92 Å². The fraction of sp³-hybridized carbons (Fsp3) is 0.364. The summed E-state index contributed by atoms with van der Waals surface area (Å²) in [5.74, 6) is -1.73. The van der Waals surface area contributed by atoms with Gasteiger partial charge in [0.2, 0.25) is 0 Å². The smallest absolute Gasteiger partial charge is 0.380 e. The van der Waals surface area contributed by atoms with Crippen molar-refractivity contribution < 1.29 is 14.3 Å². The molecule has 0 radical (unpaired) electrons. The number of esters is 1. The van der Waals surface area contributed by atoms with Crippen molar-refractivity contribution in [3.05, 3.63) is 26.9 Å². The van der Waals surface area contributed by atoms with Crippen molar-refractivity contribution in [1.82, 2.24) is 4.98 Å². The third kappa shape index (κ3) is 3.26. The van der Waals surface area contributed by atoms with E-state index in [0.29, 0.717) is 10.2 Å². The molecule has 0 fully saturated rings. The second-order valence-electron chi connectivity index (χ2n) is 3.67. The van der Waals surface area contributed by atoms with Crippen molar-refractivity contribution in [1.29, 1.82) is 0 Å². The molecule has 0 saturated heterocycles. The summed E-state index contributed by atoms with van der Waals surface area (Å²) in [6, 6.07) is 0. The molecule has 0 unspecified atom stereocenters. The van der Waals surface area contributed by atoms with E-state index in [1.165, 1.54) is 6.20 Å². The first-order chi connectivity index (χ1) is 7.84. The van der Waals surface area contributed by atoms with Crippen LogP contribution in [0.2, 0.25) is 5.02 Å². The predicted octanol–water partition coefficient (Wildman–Crippen LogP) is 2.94. The van der Waals surface area contributed by atoms with Gasteiger partial charge in [-0.3, -0.25) is 9.78 Å². The van der Waals surface area contributed by atoms with E-state index >= 15 is 0 Å². The van der Waals surface area contributed by atoms with Crippen LogP contribution < -0.4 is 0 Å². The Bertz CT molecular complexity index is 474. The average molecular weight is 321 g/mol. The second-order valence-corrected chi connectivity index (χ2v) is 4.84. The molecule has 92 valence electrons. The number of hydrogen-bond donors (Lipinski definition) is 0. The van der Waals surface area contributed by atoms with Gasteiger partial charge in [-0.25, -0.2) is 4.79 Å².